The second-order valence-electron chi connectivity index (χ2n) is 6.84. The van der Waals surface area contributed by atoms with Crippen LogP contribution in [0.3, 0.4) is 0 Å². The summed E-state index contributed by atoms with van der Waals surface area (Å²) in [5.74, 6) is 0.312. The molecule has 8 heteroatoms. The van der Waals surface area contributed by atoms with Gasteiger partial charge >= 0.3 is 11.9 Å². The highest BCUT2D eigenvalue weighted by molar-refractivity contribution is 6.30. The van der Waals surface area contributed by atoms with E-state index in [-0.39, 0.29) is 24.1 Å². The highest BCUT2D eigenvalue weighted by atomic mass is 35.5. The summed E-state index contributed by atoms with van der Waals surface area (Å²) in [4.78, 5) is 29.3. The van der Waals surface area contributed by atoms with Crippen LogP contribution in [0.25, 0.3) is 6.08 Å². The second kappa shape index (κ2) is 8.20. The molecule has 0 saturated carbocycles. The summed E-state index contributed by atoms with van der Waals surface area (Å²) in [5, 5.41) is 0.563. The summed E-state index contributed by atoms with van der Waals surface area (Å²) in [7, 11) is 0. The number of esters is 2. The van der Waals surface area contributed by atoms with E-state index < -0.39 is 11.9 Å². The third-order valence-corrected chi connectivity index (χ3v) is 4.99. The number of halogens is 1. The first-order valence-electron chi connectivity index (χ1n) is 9.56. The van der Waals surface area contributed by atoms with Crippen molar-refractivity contribution < 1.29 is 28.5 Å². The number of aliphatic imine (C=N–C) groups is 1. The van der Waals surface area contributed by atoms with Gasteiger partial charge in [0.05, 0.1) is 5.56 Å². The van der Waals surface area contributed by atoms with Crippen molar-refractivity contribution in [2.45, 2.75) is 0 Å². The van der Waals surface area contributed by atoms with Gasteiger partial charge in [-0.1, -0.05) is 29.8 Å². The largest absolute Gasteiger partial charge is 0.454 e. The van der Waals surface area contributed by atoms with Crippen LogP contribution >= 0.6 is 11.6 Å². The van der Waals surface area contributed by atoms with Crippen LogP contribution in [0.1, 0.15) is 21.5 Å². The van der Waals surface area contributed by atoms with Crippen LogP contribution in [0.15, 0.2) is 77.4 Å². The van der Waals surface area contributed by atoms with Gasteiger partial charge in [0.1, 0.15) is 5.75 Å². The Balaban J connectivity index is 1.41. The van der Waals surface area contributed by atoms with Crippen molar-refractivity contribution in [3.8, 4) is 17.2 Å². The predicted octanol–water partition coefficient (Wildman–Crippen LogP) is 4.63. The average Bonchev–Trinajstić information content (AvgIpc) is 3.41. The molecular formula is C24H14ClNO6. The van der Waals surface area contributed by atoms with Gasteiger partial charge in [-0.25, -0.2) is 14.6 Å². The Hall–Kier alpha value is -4.10. The number of carbonyl (C=O) groups is 2. The highest BCUT2D eigenvalue weighted by Gasteiger charge is 2.25. The minimum absolute atomic E-state index is 0.0847. The summed E-state index contributed by atoms with van der Waals surface area (Å²) in [6.07, 6.45) is 1.51. The number of hydrogen-bond acceptors (Lipinski definition) is 7. The fourth-order valence-corrected chi connectivity index (χ4v) is 3.27. The van der Waals surface area contributed by atoms with E-state index in [2.05, 4.69) is 4.99 Å². The molecule has 0 spiro atoms. The lowest BCUT2D eigenvalue weighted by Gasteiger charge is -2.08. The van der Waals surface area contributed by atoms with E-state index >= 15 is 0 Å². The van der Waals surface area contributed by atoms with Crippen molar-refractivity contribution in [2.24, 2.45) is 4.99 Å². The topological polar surface area (TPSA) is 83.4 Å². The number of fused-ring (bicyclic) bond motifs is 1. The number of nitrogens with zero attached hydrogens (tertiary/aromatic N) is 1. The van der Waals surface area contributed by atoms with Crippen LogP contribution in [-0.2, 0) is 9.53 Å². The third-order valence-electron chi connectivity index (χ3n) is 4.73. The fraction of sp³-hybridized carbons (Fsp3) is 0.0417. The van der Waals surface area contributed by atoms with E-state index in [0.29, 0.717) is 33.2 Å². The Morgan fingerprint density at radius 1 is 1.00 bits per heavy atom. The number of cyclic esters (lactones) is 1. The van der Waals surface area contributed by atoms with Gasteiger partial charge < -0.3 is 18.9 Å². The highest BCUT2D eigenvalue weighted by Crippen LogP contribution is 2.33. The van der Waals surface area contributed by atoms with Gasteiger partial charge in [-0.3, -0.25) is 0 Å². The zero-order valence-electron chi connectivity index (χ0n) is 16.4. The standard InChI is InChI=1S/C24H14ClNO6/c25-17-8-5-14(6-9-17)22-26-18(24(28)32-22)11-15-3-1-2-4-19(15)31-23(27)16-7-10-20-21(12-16)30-13-29-20/h1-12H,13H2. The Kier molecular flexibility index (Phi) is 5.09. The normalized spacial score (nSPS) is 15.5. The molecule has 0 radical (unpaired) electrons. The Bertz CT molecular complexity index is 1300. The quantitative estimate of drug-likeness (QED) is 0.329. The molecule has 7 nitrogen and oxygen atoms in total. The molecule has 0 fully saturated rings. The van der Waals surface area contributed by atoms with Gasteiger partial charge in [-0.05, 0) is 54.6 Å². The Labute approximate surface area is 187 Å². The van der Waals surface area contributed by atoms with Crippen molar-refractivity contribution in [3.63, 3.8) is 0 Å². The van der Waals surface area contributed by atoms with Crippen molar-refractivity contribution in [2.75, 3.05) is 6.79 Å². The smallest absolute Gasteiger partial charge is 0.363 e. The summed E-state index contributed by atoms with van der Waals surface area (Å²) < 4.78 is 21.4. The molecule has 0 amide bonds. The SMILES string of the molecule is O=C1OC(c2ccc(Cl)cc2)=NC1=Cc1ccccc1OC(=O)c1ccc2c(c1)OCO2. The van der Waals surface area contributed by atoms with E-state index in [9.17, 15) is 9.59 Å². The summed E-state index contributed by atoms with van der Waals surface area (Å²) >= 11 is 5.90. The van der Waals surface area contributed by atoms with Crippen LogP contribution in [0.4, 0.5) is 0 Å². The van der Waals surface area contributed by atoms with E-state index in [4.69, 9.17) is 30.5 Å². The van der Waals surface area contributed by atoms with E-state index in [1.54, 1.807) is 66.7 Å². The van der Waals surface area contributed by atoms with Crippen LogP contribution in [0.5, 0.6) is 17.2 Å². The molecule has 32 heavy (non-hydrogen) atoms. The maximum absolute atomic E-state index is 12.7. The summed E-state index contributed by atoms with van der Waals surface area (Å²) in [5.41, 5.74) is 1.50. The first kappa shape index (κ1) is 19.8. The van der Waals surface area contributed by atoms with Crippen molar-refractivity contribution in [1.82, 2.24) is 0 Å². The minimum atomic E-state index is -0.605. The number of benzene rings is 3. The predicted molar refractivity (Wildman–Crippen MR) is 116 cm³/mol. The first-order chi connectivity index (χ1) is 15.6. The van der Waals surface area contributed by atoms with Crippen LogP contribution in [-0.4, -0.2) is 24.6 Å². The van der Waals surface area contributed by atoms with Crippen LogP contribution < -0.4 is 14.2 Å². The number of carbonyl (C=O) groups excluding carboxylic acids is 2. The van der Waals surface area contributed by atoms with E-state index in [1.165, 1.54) is 6.08 Å². The molecule has 0 unspecified atom stereocenters. The van der Waals surface area contributed by atoms with Crippen LogP contribution in [0, 0.1) is 0 Å². The molecule has 3 aromatic carbocycles. The summed E-state index contributed by atoms with van der Waals surface area (Å²) in [6.45, 7) is 0.110. The van der Waals surface area contributed by atoms with Gasteiger partial charge in [0, 0.05) is 16.1 Å². The lowest BCUT2D eigenvalue weighted by molar-refractivity contribution is -0.129. The molecule has 2 aliphatic heterocycles. The molecule has 5 rings (SSSR count). The molecule has 0 atom stereocenters. The average molecular weight is 448 g/mol. The lowest BCUT2D eigenvalue weighted by atomic mass is 10.1. The van der Waals surface area contributed by atoms with E-state index in [1.807, 2.05) is 0 Å². The Morgan fingerprint density at radius 3 is 2.62 bits per heavy atom. The lowest BCUT2D eigenvalue weighted by Crippen LogP contribution is -2.09. The van der Waals surface area contributed by atoms with Crippen molar-refractivity contribution in [1.29, 1.82) is 0 Å². The zero-order valence-corrected chi connectivity index (χ0v) is 17.2. The minimum Gasteiger partial charge on any atom is -0.454 e. The van der Waals surface area contributed by atoms with Crippen molar-refractivity contribution >= 4 is 35.5 Å². The molecule has 0 N–H and O–H groups in total. The third kappa shape index (κ3) is 3.93. The molecule has 2 heterocycles. The van der Waals surface area contributed by atoms with Crippen molar-refractivity contribution in [3.05, 3.63) is 94.1 Å². The monoisotopic (exact) mass is 447 g/mol. The number of hydrogen-bond donors (Lipinski definition) is 0. The molecule has 0 bridgehead atoms. The van der Waals surface area contributed by atoms with Gasteiger partial charge in [0.2, 0.25) is 12.7 Å². The Morgan fingerprint density at radius 2 is 1.78 bits per heavy atom. The molecule has 0 aliphatic carbocycles. The summed E-state index contributed by atoms with van der Waals surface area (Å²) in [6, 6.07) is 18.4. The maximum Gasteiger partial charge on any atom is 0.363 e. The molecule has 2 aliphatic rings. The fourth-order valence-electron chi connectivity index (χ4n) is 3.15. The maximum atomic E-state index is 12.7. The molecule has 0 aromatic heterocycles. The number of para-hydroxylation sites is 1. The van der Waals surface area contributed by atoms with Gasteiger partial charge in [0.15, 0.2) is 17.2 Å². The first-order valence-corrected chi connectivity index (χ1v) is 9.94. The molecule has 158 valence electrons. The van der Waals surface area contributed by atoms with E-state index in [0.717, 1.165) is 0 Å². The zero-order chi connectivity index (χ0) is 22.1. The molecule has 3 aromatic rings. The number of rotatable bonds is 4. The van der Waals surface area contributed by atoms with Gasteiger partial charge in [-0.2, -0.15) is 0 Å². The second-order valence-corrected chi connectivity index (χ2v) is 7.27. The molecule has 0 saturated heterocycles. The van der Waals surface area contributed by atoms with Crippen LogP contribution in [0.2, 0.25) is 5.02 Å². The van der Waals surface area contributed by atoms with Gasteiger partial charge in [-0.15, -0.1) is 0 Å². The number of ether oxygens (including phenoxy) is 4. The molecular weight excluding hydrogens is 434 g/mol. The van der Waals surface area contributed by atoms with Gasteiger partial charge in [0.25, 0.3) is 0 Å².